The standard InChI is InChI=1S/C44H71NO16/c1-13-33-30(22-56-44-42(55-12)41(54-11)40(27(6)58-44)59-28(7)46)19-23(2)17-18-31(47)24(3)20-29(15-14-16-34(49)53-10)39(25(4)32(48)21-35(50)60-33)61-43-38(52)36(45(8)9)37(51)26(5)57-43/h14,16-19,24-27,29-30,32-33,36-44,48,51-52H,13,15,20-22H2,1-12H3/b16-14+,18-17+,23-19+/t24-,25+,26+,27-,29+,30-,32-,33-,36-,37+,38+,39-,40-,41-,42-,43-,44-/m1/s1. The van der Waals surface area contributed by atoms with E-state index >= 15 is 0 Å². The van der Waals surface area contributed by atoms with Crippen LogP contribution in [0.2, 0.25) is 0 Å². The Kier molecular flexibility index (Phi) is 21.1. The van der Waals surface area contributed by atoms with Crippen molar-refractivity contribution in [1.29, 1.82) is 0 Å². The third-order valence-electron chi connectivity index (χ3n) is 11.9. The molecule has 2 saturated heterocycles. The molecule has 0 radical (unpaired) electrons. The zero-order valence-corrected chi connectivity index (χ0v) is 37.8. The topological polar surface area (TPSA) is 215 Å². The van der Waals surface area contributed by atoms with Crippen LogP contribution in [0.25, 0.3) is 0 Å². The van der Waals surface area contributed by atoms with Crippen LogP contribution >= 0.6 is 0 Å². The van der Waals surface area contributed by atoms with Crippen LogP contribution in [-0.4, -0.2) is 166 Å². The molecule has 3 rings (SSSR count). The molecule has 0 aliphatic carbocycles. The maximum Gasteiger partial charge on any atom is 0.330 e. The number of aliphatic hydroxyl groups is 3. The molecule has 17 nitrogen and oxygen atoms in total. The van der Waals surface area contributed by atoms with Crippen molar-refractivity contribution in [1.82, 2.24) is 4.90 Å². The molecule has 0 amide bonds. The Labute approximate surface area is 360 Å². The van der Waals surface area contributed by atoms with Gasteiger partial charge in [-0.05, 0) is 66.1 Å². The summed E-state index contributed by atoms with van der Waals surface area (Å²) in [5.74, 6) is -4.48. The zero-order chi connectivity index (χ0) is 45.7. The number of allylic oxidation sites excluding steroid dienone is 4. The molecule has 0 aromatic carbocycles. The van der Waals surface area contributed by atoms with E-state index in [4.69, 9.17) is 42.6 Å². The molecular formula is C44H71NO16. The summed E-state index contributed by atoms with van der Waals surface area (Å²) >= 11 is 0. The molecule has 3 heterocycles. The van der Waals surface area contributed by atoms with Gasteiger partial charge in [0.05, 0.1) is 56.7 Å². The summed E-state index contributed by atoms with van der Waals surface area (Å²) in [5, 5.41) is 34.1. The van der Waals surface area contributed by atoms with E-state index < -0.39 is 128 Å². The van der Waals surface area contributed by atoms with E-state index in [1.807, 2.05) is 19.9 Å². The Morgan fingerprint density at radius 1 is 0.902 bits per heavy atom. The lowest BCUT2D eigenvalue weighted by Gasteiger charge is -2.46. The van der Waals surface area contributed by atoms with Crippen molar-refractivity contribution in [3.05, 3.63) is 36.0 Å². The number of cyclic esters (lactones) is 1. The zero-order valence-electron chi connectivity index (χ0n) is 37.8. The van der Waals surface area contributed by atoms with Crippen molar-refractivity contribution < 1.29 is 77.1 Å². The van der Waals surface area contributed by atoms with Crippen molar-refractivity contribution >= 4 is 23.7 Å². The highest BCUT2D eigenvalue weighted by atomic mass is 16.7. The molecule has 0 unspecified atom stereocenters. The molecule has 0 aromatic heterocycles. The van der Waals surface area contributed by atoms with E-state index in [9.17, 15) is 34.5 Å². The highest BCUT2D eigenvalue weighted by Gasteiger charge is 2.49. The molecule has 17 heteroatoms. The van der Waals surface area contributed by atoms with Gasteiger partial charge in [0.1, 0.15) is 24.4 Å². The van der Waals surface area contributed by atoms with Gasteiger partial charge in [-0.25, -0.2) is 4.79 Å². The van der Waals surface area contributed by atoms with Gasteiger partial charge in [-0.15, -0.1) is 0 Å². The summed E-state index contributed by atoms with van der Waals surface area (Å²) in [6, 6.07) is -0.759. The number of hydrogen-bond donors (Lipinski definition) is 3. The smallest absolute Gasteiger partial charge is 0.330 e. The van der Waals surface area contributed by atoms with Crippen LogP contribution in [0.1, 0.15) is 74.1 Å². The molecule has 3 aliphatic heterocycles. The average Bonchev–Trinajstić information content (AvgIpc) is 3.20. The van der Waals surface area contributed by atoms with Crippen LogP contribution in [0.4, 0.5) is 0 Å². The highest BCUT2D eigenvalue weighted by Crippen LogP contribution is 2.35. The molecule has 61 heavy (non-hydrogen) atoms. The molecule has 348 valence electrons. The Morgan fingerprint density at radius 2 is 1.56 bits per heavy atom. The van der Waals surface area contributed by atoms with Gasteiger partial charge >= 0.3 is 17.9 Å². The maximum atomic E-state index is 13.8. The van der Waals surface area contributed by atoms with Gasteiger partial charge in [0.25, 0.3) is 0 Å². The second kappa shape index (κ2) is 24.7. The summed E-state index contributed by atoms with van der Waals surface area (Å²) < 4.78 is 52.8. The number of methoxy groups -OCH3 is 3. The fraction of sp³-hybridized carbons (Fsp3) is 0.773. The minimum Gasteiger partial charge on any atom is -0.466 e. The number of carbonyl (C=O) groups excluding carboxylic acids is 4. The quantitative estimate of drug-likeness (QED) is 0.138. The molecule has 2 fully saturated rings. The van der Waals surface area contributed by atoms with Gasteiger partial charge in [-0.3, -0.25) is 14.4 Å². The molecule has 17 atom stereocenters. The van der Waals surface area contributed by atoms with E-state index in [0.29, 0.717) is 12.0 Å². The first kappa shape index (κ1) is 52.2. The van der Waals surface area contributed by atoms with Crippen LogP contribution in [0, 0.1) is 23.7 Å². The molecule has 3 N–H and O–H groups in total. The van der Waals surface area contributed by atoms with Gasteiger partial charge in [0.2, 0.25) is 0 Å². The Balaban J connectivity index is 2.02. The fourth-order valence-electron chi connectivity index (χ4n) is 8.38. The minimum absolute atomic E-state index is 0.0202. The third kappa shape index (κ3) is 14.5. The van der Waals surface area contributed by atoms with Crippen molar-refractivity contribution in [2.75, 3.05) is 42.0 Å². The first-order valence-electron chi connectivity index (χ1n) is 21.1. The van der Waals surface area contributed by atoms with Gasteiger partial charge < -0.3 is 62.9 Å². The van der Waals surface area contributed by atoms with Crippen LogP contribution in [0.5, 0.6) is 0 Å². The van der Waals surface area contributed by atoms with Crippen LogP contribution in [0.3, 0.4) is 0 Å². The van der Waals surface area contributed by atoms with Gasteiger partial charge in [-0.1, -0.05) is 44.6 Å². The molecule has 0 spiro atoms. The maximum absolute atomic E-state index is 13.8. The number of carbonyl (C=O) groups is 4. The van der Waals surface area contributed by atoms with E-state index in [1.165, 1.54) is 40.4 Å². The van der Waals surface area contributed by atoms with E-state index in [1.54, 1.807) is 58.8 Å². The predicted molar refractivity (Wildman–Crippen MR) is 221 cm³/mol. The molecule has 0 bridgehead atoms. The summed E-state index contributed by atoms with van der Waals surface area (Å²) in [7, 11) is 7.63. The normalized spacial score (nSPS) is 39.9. The number of nitrogens with zero attached hydrogens (tertiary/aromatic N) is 1. The highest BCUT2D eigenvalue weighted by molar-refractivity contribution is 5.91. The largest absolute Gasteiger partial charge is 0.466 e. The number of ketones is 1. The first-order valence-corrected chi connectivity index (χ1v) is 21.1. The van der Waals surface area contributed by atoms with Gasteiger partial charge in [-0.2, -0.15) is 0 Å². The summed E-state index contributed by atoms with van der Waals surface area (Å²) in [5.41, 5.74) is 0.685. The minimum atomic E-state index is -1.34. The van der Waals surface area contributed by atoms with Crippen LogP contribution in [0.15, 0.2) is 36.0 Å². The molecule has 0 saturated carbocycles. The van der Waals surface area contributed by atoms with E-state index in [0.717, 1.165) is 0 Å². The lowest BCUT2D eigenvalue weighted by Crippen LogP contribution is -2.63. The van der Waals surface area contributed by atoms with Crippen molar-refractivity contribution in [3.63, 3.8) is 0 Å². The Bertz CT molecular complexity index is 1520. The monoisotopic (exact) mass is 869 g/mol. The van der Waals surface area contributed by atoms with Crippen molar-refractivity contribution in [3.8, 4) is 0 Å². The number of hydrogen-bond acceptors (Lipinski definition) is 17. The van der Waals surface area contributed by atoms with Crippen LogP contribution in [-0.2, 0) is 61.8 Å². The van der Waals surface area contributed by atoms with Gasteiger partial charge in [0, 0.05) is 45.0 Å². The third-order valence-corrected chi connectivity index (χ3v) is 11.9. The predicted octanol–water partition coefficient (Wildman–Crippen LogP) is 2.66. The molecule has 3 aliphatic rings. The lowest BCUT2D eigenvalue weighted by atomic mass is 9.79. The number of likely N-dealkylation sites (N-methyl/N-ethyl adjacent to an activating group) is 1. The Hall–Kier alpha value is -3.10. The first-order chi connectivity index (χ1) is 28.8. The van der Waals surface area contributed by atoms with Crippen LogP contribution < -0.4 is 0 Å². The van der Waals surface area contributed by atoms with E-state index in [2.05, 4.69) is 0 Å². The molecule has 0 aromatic rings. The molecular weight excluding hydrogens is 798 g/mol. The number of esters is 3. The fourth-order valence-corrected chi connectivity index (χ4v) is 8.38. The average molecular weight is 870 g/mol. The lowest BCUT2D eigenvalue weighted by molar-refractivity contribution is -0.306. The summed E-state index contributed by atoms with van der Waals surface area (Å²) in [6.45, 7) is 11.8. The summed E-state index contributed by atoms with van der Waals surface area (Å²) in [6.07, 6.45) is -3.04. The van der Waals surface area contributed by atoms with E-state index in [-0.39, 0.29) is 25.2 Å². The van der Waals surface area contributed by atoms with Crippen molar-refractivity contribution in [2.24, 2.45) is 23.7 Å². The second-order valence-electron chi connectivity index (χ2n) is 16.7. The SMILES string of the molecule is CC[C@H]1OC(=O)C[C@@H](O)[C@H](C)[C@@H](O[C@H]2O[C@@H](C)[C@H](O)[C@@H](N(C)C)[C@@H]2O)[C@@H](C/C=C/C(=O)OC)C[C@@H](C)C(=O)/C=C/C(C)=C/[C@@H]1CO[C@@H]1O[C@H](C)[C@@H](OC(C)=O)[C@@H](OC)[C@H]1OC. The number of ether oxygens (including phenoxy) is 9. The Morgan fingerprint density at radius 3 is 2.15 bits per heavy atom. The number of aliphatic hydroxyl groups excluding tert-OH is 3. The van der Waals surface area contributed by atoms with Crippen molar-refractivity contribution in [2.45, 2.75) is 154 Å². The number of rotatable bonds is 13. The summed E-state index contributed by atoms with van der Waals surface area (Å²) in [4.78, 5) is 53.2. The van der Waals surface area contributed by atoms with Gasteiger partial charge in [0.15, 0.2) is 24.5 Å². The second-order valence-corrected chi connectivity index (χ2v) is 16.7.